The number of fused-ring (bicyclic) bond motifs is 1. The van der Waals surface area contributed by atoms with Gasteiger partial charge in [-0.2, -0.15) is 5.26 Å². The first-order valence-electron chi connectivity index (χ1n) is 12.7. The number of nitrogens with zero attached hydrogens (tertiary/aromatic N) is 4. The van der Waals surface area contributed by atoms with Crippen molar-refractivity contribution in [2.45, 2.75) is 19.3 Å². The molecule has 9 nitrogen and oxygen atoms in total. The molecule has 2 aromatic carbocycles. The van der Waals surface area contributed by atoms with Crippen molar-refractivity contribution >= 4 is 39.1 Å². The number of anilines is 2. The van der Waals surface area contributed by atoms with Gasteiger partial charge in [-0.15, -0.1) is 11.3 Å². The molecule has 2 amide bonds. The predicted octanol–water partition coefficient (Wildman–Crippen LogP) is 5.79. The number of ether oxygens (including phenoxy) is 2. The first-order valence-corrected chi connectivity index (χ1v) is 13.5. The van der Waals surface area contributed by atoms with Gasteiger partial charge in [-0.1, -0.05) is 0 Å². The number of thiazole rings is 1. The number of carbonyl (C=O) groups excluding carboxylic acids is 1. The summed E-state index contributed by atoms with van der Waals surface area (Å²) in [7, 11) is 0. The van der Waals surface area contributed by atoms with E-state index in [1.165, 1.54) is 23.5 Å². The Morgan fingerprint density at radius 2 is 2.00 bits per heavy atom. The molecule has 0 atom stereocenters. The number of amides is 2. The zero-order valence-corrected chi connectivity index (χ0v) is 22.0. The summed E-state index contributed by atoms with van der Waals surface area (Å²) in [6.07, 6.45) is 5.98. The van der Waals surface area contributed by atoms with Crippen molar-refractivity contribution in [1.82, 2.24) is 14.9 Å². The van der Waals surface area contributed by atoms with Gasteiger partial charge in [0.25, 0.3) is 0 Å². The van der Waals surface area contributed by atoms with Gasteiger partial charge in [0.2, 0.25) is 0 Å². The Kier molecular flexibility index (Phi) is 8.58. The maximum absolute atomic E-state index is 14.7. The Morgan fingerprint density at radius 1 is 1.13 bits per heavy atom. The number of carbonyl (C=O) groups is 1. The average molecular weight is 547 g/mol. The lowest BCUT2D eigenvalue weighted by Gasteiger charge is -2.26. The highest BCUT2D eigenvalue weighted by molar-refractivity contribution is 7.13. The van der Waals surface area contributed by atoms with E-state index in [9.17, 15) is 14.4 Å². The normalized spacial score (nSPS) is 13.6. The lowest BCUT2D eigenvalue weighted by atomic mass is 9.99. The Labute approximate surface area is 229 Å². The van der Waals surface area contributed by atoms with Crippen LogP contribution in [0.15, 0.2) is 54.2 Å². The number of aryl methyl sites for hydroxylation is 1. The number of benzene rings is 2. The van der Waals surface area contributed by atoms with Crippen LogP contribution in [0, 0.1) is 17.1 Å². The van der Waals surface area contributed by atoms with Gasteiger partial charge in [-0.05, 0) is 61.7 Å². The molecule has 0 spiro atoms. The third kappa shape index (κ3) is 6.86. The Balaban J connectivity index is 1.25. The molecule has 0 saturated carbocycles. The highest BCUT2D eigenvalue weighted by Crippen LogP contribution is 2.32. The second-order valence-corrected chi connectivity index (χ2v) is 9.91. The number of urea groups is 1. The minimum absolute atomic E-state index is 0.000946. The number of nitriles is 1. The van der Waals surface area contributed by atoms with Crippen molar-refractivity contribution in [3.8, 4) is 17.6 Å². The summed E-state index contributed by atoms with van der Waals surface area (Å²) < 4.78 is 26.1. The molecular formula is C28H27FN6O3S. The first-order chi connectivity index (χ1) is 19.1. The van der Waals surface area contributed by atoms with E-state index in [4.69, 9.17) is 9.47 Å². The Bertz CT molecular complexity index is 1480. The van der Waals surface area contributed by atoms with Gasteiger partial charge < -0.3 is 14.8 Å². The van der Waals surface area contributed by atoms with Crippen molar-refractivity contribution in [3.63, 3.8) is 0 Å². The predicted molar refractivity (Wildman–Crippen MR) is 148 cm³/mol. The number of rotatable bonds is 9. The number of hydrogen-bond donors (Lipinski definition) is 2. The van der Waals surface area contributed by atoms with Crippen LogP contribution in [0.25, 0.3) is 10.9 Å². The molecule has 1 aliphatic rings. The summed E-state index contributed by atoms with van der Waals surface area (Å²) in [6, 6.07) is 11.3. The van der Waals surface area contributed by atoms with E-state index in [1.807, 2.05) is 6.07 Å². The van der Waals surface area contributed by atoms with Crippen molar-refractivity contribution in [3.05, 3.63) is 71.1 Å². The molecule has 0 bridgehead atoms. The first kappa shape index (κ1) is 26.5. The molecule has 0 unspecified atom stereocenters. The van der Waals surface area contributed by atoms with Crippen molar-refractivity contribution in [2.75, 3.05) is 43.5 Å². The van der Waals surface area contributed by atoms with Crippen LogP contribution in [0.3, 0.4) is 0 Å². The molecule has 200 valence electrons. The smallest absolute Gasteiger partial charge is 0.325 e. The van der Waals surface area contributed by atoms with Crippen molar-refractivity contribution < 1.29 is 18.7 Å². The molecule has 39 heavy (non-hydrogen) atoms. The highest BCUT2D eigenvalue weighted by atomic mass is 32.1. The molecule has 0 radical (unpaired) electrons. The lowest BCUT2D eigenvalue weighted by Crippen LogP contribution is -2.36. The number of hydrogen-bond acceptors (Lipinski definition) is 8. The van der Waals surface area contributed by atoms with E-state index in [-0.39, 0.29) is 11.4 Å². The average Bonchev–Trinajstić information content (AvgIpc) is 3.46. The highest BCUT2D eigenvalue weighted by Gasteiger charge is 2.14. The van der Waals surface area contributed by atoms with E-state index in [0.29, 0.717) is 27.3 Å². The van der Waals surface area contributed by atoms with Crippen LogP contribution in [0.2, 0.25) is 0 Å². The van der Waals surface area contributed by atoms with E-state index in [1.54, 1.807) is 36.0 Å². The van der Waals surface area contributed by atoms with Crippen LogP contribution >= 0.6 is 11.3 Å². The number of unbranched alkanes of at least 4 members (excludes halogenated alkanes) is 1. The van der Waals surface area contributed by atoms with E-state index in [0.717, 1.165) is 57.7 Å². The van der Waals surface area contributed by atoms with Gasteiger partial charge in [0, 0.05) is 42.3 Å². The molecule has 3 heterocycles. The number of morpholine rings is 1. The maximum Gasteiger partial charge on any atom is 0.325 e. The molecule has 2 aromatic heterocycles. The summed E-state index contributed by atoms with van der Waals surface area (Å²) in [6.45, 7) is 4.54. The molecule has 11 heteroatoms. The van der Waals surface area contributed by atoms with Crippen molar-refractivity contribution in [2.24, 2.45) is 0 Å². The molecule has 1 fully saturated rings. The van der Waals surface area contributed by atoms with Crippen LogP contribution in [-0.2, 0) is 11.2 Å². The number of pyridine rings is 1. The van der Waals surface area contributed by atoms with Gasteiger partial charge in [-0.25, -0.2) is 14.2 Å². The third-order valence-corrected chi connectivity index (χ3v) is 7.08. The summed E-state index contributed by atoms with van der Waals surface area (Å²) in [4.78, 5) is 22.9. The summed E-state index contributed by atoms with van der Waals surface area (Å²) in [5.74, 6) is 0.0470. The minimum atomic E-state index is -0.655. The zero-order valence-electron chi connectivity index (χ0n) is 21.2. The zero-order chi connectivity index (χ0) is 27.0. The molecular weight excluding hydrogens is 519 g/mol. The second-order valence-electron chi connectivity index (χ2n) is 9.02. The van der Waals surface area contributed by atoms with Gasteiger partial charge in [0.15, 0.2) is 5.13 Å². The standard InChI is InChI=1S/C28H27FN6O3S/c29-23-17-21(4-5-24(23)33-27(36)34-28-32-8-14-39-28)38-26-6-7-31-25-16-19(20(18-30)15-22(25)26)3-1-2-9-35-10-12-37-13-11-35/h4-8,14-17H,1-3,9-13H2,(H2,32,33,34,36). The van der Waals surface area contributed by atoms with E-state index < -0.39 is 11.8 Å². The third-order valence-electron chi connectivity index (χ3n) is 6.39. The fourth-order valence-corrected chi connectivity index (χ4v) is 4.93. The number of nitrogens with one attached hydrogen (secondary N) is 2. The van der Waals surface area contributed by atoms with Crippen LogP contribution in [0.4, 0.5) is 20.0 Å². The maximum atomic E-state index is 14.7. The quantitative estimate of drug-likeness (QED) is 0.255. The van der Waals surface area contributed by atoms with Crippen molar-refractivity contribution in [1.29, 1.82) is 5.26 Å². The lowest BCUT2D eigenvalue weighted by molar-refractivity contribution is 0.0372. The second kappa shape index (κ2) is 12.6. The number of halogens is 1. The van der Waals surface area contributed by atoms with E-state index >= 15 is 0 Å². The summed E-state index contributed by atoms with van der Waals surface area (Å²) in [5, 5.41) is 17.6. The summed E-state index contributed by atoms with van der Waals surface area (Å²) >= 11 is 1.26. The largest absolute Gasteiger partial charge is 0.456 e. The molecule has 5 rings (SSSR count). The Hall–Kier alpha value is -4.11. The molecule has 1 aliphatic heterocycles. The molecule has 0 aliphatic carbocycles. The van der Waals surface area contributed by atoms with Crippen LogP contribution in [0.5, 0.6) is 11.5 Å². The van der Waals surface area contributed by atoms with Crippen LogP contribution in [0.1, 0.15) is 24.0 Å². The van der Waals surface area contributed by atoms with Gasteiger partial charge in [0.05, 0.1) is 36.1 Å². The number of aromatic nitrogens is 2. The van der Waals surface area contributed by atoms with Gasteiger partial charge in [-0.3, -0.25) is 15.2 Å². The SMILES string of the molecule is N#Cc1cc2c(Oc3ccc(NC(=O)Nc4nccs4)c(F)c3)ccnc2cc1CCCCN1CCOCC1. The van der Waals surface area contributed by atoms with Gasteiger partial charge in [0.1, 0.15) is 17.3 Å². The molecule has 4 aromatic rings. The fourth-order valence-electron chi connectivity index (χ4n) is 4.41. The van der Waals surface area contributed by atoms with E-state index in [2.05, 4.69) is 31.6 Å². The van der Waals surface area contributed by atoms with Gasteiger partial charge >= 0.3 is 6.03 Å². The molecule has 1 saturated heterocycles. The Morgan fingerprint density at radius 3 is 2.77 bits per heavy atom. The minimum Gasteiger partial charge on any atom is -0.456 e. The monoisotopic (exact) mass is 546 g/mol. The topological polar surface area (TPSA) is 112 Å². The molecule has 2 N–H and O–H groups in total. The van der Waals surface area contributed by atoms with Crippen LogP contribution < -0.4 is 15.4 Å². The fraction of sp³-hybridized carbons (Fsp3) is 0.286. The van der Waals surface area contributed by atoms with Crippen LogP contribution in [-0.4, -0.2) is 53.7 Å². The summed E-state index contributed by atoms with van der Waals surface area (Å²) in [5.41, 5.74) is 2.23.